The average molecular weight is 472 g/mol. The fourth-order valence-electron chi connectivity index (χ4n) is 2.77. The molecule has 1 aromatic heterocycles. The van der Waals surface area contributed by atoms with Crippen LogP contribution in [0.4, 0.5) is 0 Å². The van der Waals surface area contributed by atoms with Crippen LogP contribution in [0.2, 0.25) is 0 Å². The minimum atomic E-state index is -0.169. The van der Waals surface area contributed by atoms with Gasteiger partial charge in [0, 0.05) is 24.8 Å². The maximum absolute atomic E-state index is 12.2. The lowest BCUT2D eigenvalue weighted by molar-refractivity contribution is -0.110. The van der Waals surface area contributed by atoms with Gasteiger partial charge in [-0.3, -0.25) is 4.79 Å². The van der Waals surface area contributed by atoms with Crippen LogP contribution in [0.15, 0.2) is 40.9 Å². The fraction of sp³-hybridized carbons (Fsp3) is 0.423. The normalized spacial score (nSPS) is 14.7. The lowest BCUT2D eigenvalue weighted by Crippen LogP contribution is -2.24. The number of H-pyrrole nitrogens is 1. The average Bonchev–Trinajstić information content (AvgIpc) is 3.25. The van der Waals surface area contributed by atoms with Gasteiger partial charge >= 0.3 is 0 Å². The van der Waals surface area contributed by atoms with Crippen LogP contribution >= 0.6 is 11.3 Å². The maximum atomic E-state index is 12.2. The van der Waals surface area contributed by atoms with Crippen molar-refractivity contribution in [3.05, 3.63) is 61.7 Å². The number of rotatable bonds is 5. The van der Waals surface area contributed by atoms with Crippen LogP contribution in [0.3, 0.4) is 0 Å². The van der Waals surface area contributed by atoms with E-state index in [1.807, 2.05) is 39.0 Å². The smallest absolute Gasteiger partial charge is 0.266 e. The molecular formula is C26H37N3O3S. The van der Waals surface area contributed by atoms with Crippen LogP contribution in [-0.4, -0.2) is 28.1 Å². The van der Waals surface area contributed by atoms with Gasteiger partial charge in [0.05, 0.1) is 10.7 Å². The lowest BCUT2D eigenvalue weighted by atomic mass is 10.0. The van der Waals surface area contributed by atoms with Crippen LogP contribution in [0, 0.1) is 5.92 Å². The second-order valence-corrected chi connectivity index (χ2v) is 9.57. The van der Waals surface area contributed by atoms with Gasteiger partial charge in [0.1, 0.15) is 22.3 Å². The minimum Gasteiger partial charge on any atom is -0.487 e. The number of aromatic nitrogens is 1. The Morgan fingerprint density at radius 2 is 1.97 bits per heavy atom. The summed E-state index contributed by atoms with van der Waals surface area (Å²) in [6.45, 7) is 17.6. The predicted octanol–water partition coefficient (Wildman–Crippen LogP) is 4.43. The van der Waals surface area contributed by atoms with E-state index in [0.29, 0.717) is 9.20 Å². The van der Waals surface area contributed by atoms with Crippen molar-refractivity contribution >= 4 is 36.1 Å². The summed E-state index contributed by atoms with van der Waals surface area (Å²) < 4.78 is 7.26. The predicted molar refractivity (Wildman–Crippen MR) is 140 cm³/mol. The number of carbonyl (C=O) groups excluding carboxylic acids is 1. The van der Waals surface area contributed by atoms with E-state index in [1.54, 1.807) is 23.6 Å². The number of aromatic amines is 1. The molecule has 0 unspecified atom stereocenters. The van der Waals surface area contributed by atoms with Crippen molar-refractivity contribution < 1.29 is 9.53 Å². The second-order valence-electron chi connectivity index (χ2n) is 8.49. The maximum Gasteiger partial charge on any atom is 0.266 e. The number of nitrogens with one attached hydrogen (secondary N) is 1. The van der Waals surface area contributed by atoms with Gasteiger partial charge in [0.25, 0.3) is 5.56 Å². The Hall–Kier alpha value is -2.93. The summed E-state index contributed by atoms with van der Waals surface area (Å²) in [7, 11) is 0. The Morgan fingerprint density at radius 3 is 2.52 bits per heavy atom. The Balaban J connectivity index is 0.000000591. The fourth-order valence-corrected chi connectivity index (χ4v) is 3.65. The Kier molecular flexibility index (Phi) is 11.6. The van der Waals surface area contributed by atoms with Gasteiger partial charge < -0.3 is 14.5 Å². The van der Waals surface area contributed by atoms with Gasteiger partial charge in [-0.05, 0) is 50.1 Å². The van der Waals surface area contributed by atoms with Crippen molar-refractivity contribution in [2.75, 3.05) is 0 Å². The number of hydrogen-bond donors (Lipinski definition) is 1. The van der Waals surface area contributed by atoms with Crippen LogP contribution in [0.25, 0.3) is 12.3 Å². The van der Waals surface area contributed by atoms with E-state index in [4.69, 9.17) is 4.74 Å². The van der Waals surface area contributed by atoms with Crippen molar-refractivity contribution in [1.82, 2.24) is 9.99 Å². The van der Waals surface area contributed by atoms with Crippen LogP contribution in [-0.2, 0) is 11.2 Å². The van der Waals surface area contributed by atoms with Gasteiger partial charge in [-0.15, -0.1) is 11.3 Å². The van der Waals surface area contributed by atoms with E-state index in [9.17, 15) is 9.59 Å². The molecule has 2 heterocycles. The number of carbonyl (C=O) groups is 1. The van der Waals surface area contributed by atoms with Crippen LogP contribution < -0.4 is 19.5 Å². The number of ether oxygens (including phenoxy) is 1. The summed E-state index contributed by atoms with van der Waals surface area (Å²) in [5.41, 5.74) is 1.88. The van der Waals surface area contributed by atoms with Crippen LogP contribution in [0.1, 0.15) is 66.0 Å². The van der Waals surface area contributed by atoms with E-state index in [2.05, 4.69) is 50.4 Å². The molecule has 0 atom stereocenters. The van der Waals surface area contributed by atoms with Gasteiger partial charge in [-0.1, -0.05) is 46.8 Å². The summed E-state index contributed by atoms with van der Waals surface area (Å²) in [5.74, 6) is 1.13. The zero-order valence-corrected chi connectivity index (χ0v) is 21.7. The first kappa shape index (κ1) is 28.1. The zero-order chi connectivity index (χ0) is 25.0. The van der Waals surface area contributed by atoms with Gasteiger partial charge in [-0.25, -0.2) is 5.01 Å². The molecule has 1 aliphatic rings. The number of hydrazone groups is 1. The molecule has 1 N–H and O–H groups in total. The zero-order valence-electron chi connectivity index (χ0n) is 20.8. The quantitative estimate of drug-likeness (QED) is 0.398. The molecule has 33 heavy (non-hydrogen) atoms. The summed E-state index contributed by atoms with van der Waals surface area (Å²) >= 11 is 1.38. The first-order chi connectivity index (χ1) is 15.6. The molecule has 2 aromatic rings. The highest BCUT2D eigenvalue weighted by Gasteiger charge is 2.29. The Labute approximate surface area is 201 Å². The van der Waals surface area contributed by atoms with E-state index in [1.165, 1.54) is 23.3 Å². The van der Waals surface area contributed by atoms with E-state index in [0.717, 1.165) is 24.0 Å². The van der Waals surface area contributed by atoms with Crippen LogP contribution in [0.5, 0.6) is 5.75 Å². The molecule has 0 amide bonds. The van der Waals surface area contributed by atoms with Gasteiger partial charge in [0.2, 0.25) is 0 Å². The Bertz CT molecular complexity index is 1110. The van der Waals surface area contributed by atoms with Crippen molar-refractivity contribution in [3.8, 4) is 5.75 Å². The van der Waals surface area contributed by atoms with E-state index < -0.39 is 0 Å². The number of hydrogen-bond acceptors (Lipinski definition) is 6. The molecule has 0 spiro atoms. The molecule has 0 radical (unpaired) electrons. The SMILES string of the molecule is C=CN(/C=c1\[nH]c(=O)/c(=C/c2ccc3c(c2)CC(C)(C)O3)s1)/N=C\C.CC(C)C=O.CCC. The molecule has 180 valence electrons. The largest absolute Gasteiger partial charge is 0.487 e. The molecule has 7 heteroatoms. The van der Waals surface area contributed by atoms with Crippen molar-refractivity contribution in [2.24, 2.45) is 11.0 Å². The molecular weight excluding hydrogens is 434 g/mol. The highest BCUT2D eigenvalue weighted by molar-refractivity contribution is 7.07. The molecule has 6 nitrogen and oxygen atoms in total. The third-order valence-corrected chi connectivity index (χ3v) is 4.97. The van der Waals surface area contributed by atoms with Crippen molar-refractivity contribution in [3.63, 3.8) is 0 Å². The third kappa shape index (κ3) is 9.61. The number of benzene rings is 1. The Morgan fingerprint density at radius 1 is 1.33 bits per heavy atom. The van der Waals surface area contributed by atoms with Gasteiger partial charge in [0.15, 0.2) is 0 Å². The number of nitrogens with zero attached hydrogens (tertiary/aromatic N) is 2. The molecule has 0 saturated carbocycles. The summed E-state index contributed by atoms with van der Waals surface area (Å²) in [4.78, 5) is 24.6. The first-order valence-electron chi connectivity index (χ1n) is 11.2. The topological polar surface area (TPSA) is 74.8 Å². The van der Waals surface area contributed by atoms with Gasteiger partial charge in [-0.2, -0.15) is 5.10 Å². The summed E-state index contributed by atoms with van der Waals surface area (Å²) in [6, 6.07) is 6.03. The first-order valence-corrected chi connectivity index (χ1v) is 12.0. The summed E-state index contributed by atoms with van der Waals surface area (Å²) in [6.07, 6.45) is 9.89. The molecule has 0 bridgehead atoms. The van der Waals surface area contributed by atoms with E-state index >= 15 is 0 Å². The number of thiazole rings is 1. The summed E-state index contributed by atoms with van der Waals surface area (Å²) in [5, 5.41) is 5.66. The van der Waals surface area contributed by atoms with Crippen molar-refractivity contribution in [1.29, 1.82) is 0 Å². The monoisotopic (exact) mass is 471 g/mol. The molecule has 1 aliphatic heterocycles. The molecule has 3 rings (SSSR count). The standard InChI is InChI=1S/C19H21N3O2S.C4H8O.C3H8/c1-5-20-22(6-2)12-17-21-18(23)16(25-17)10-13-7-8-15-14(9-13)11-19(3,4)24-15;1-4(2)3-5;1-3-2/h5-10,12H,2,11H2,1,3-4H3,(H,21,23);3-4H,1-2H3;3H2,1-2H3/b16-10-,17-12+,20-5-;;. The molecule has 0 aliphatic carbocycles. The van der Waals surface area contributed by atoms with E-state index in [-0.39, 0.29) is 17.1 Å². The molecule has 0 saturated heterocycles. The van der Waals surface area contributed by atoms with Crippen molar-refractivity contribution in [2.45, 2.75) is 66.9 Å². The lowest BCUT2D eigenvalue weighted by Gasteiger charge is -2.16. The third-order valence-electron chi connectivity index (χ3n) is 4.02. The minimum absolute atomic E-state index is 0.113. The second kappa shape index (κ2) is 13.6. The molecule has 1 aromatic carbocycles. The number of aldehydes is 1. The molecule has 0 fully saturated rings. The number of fused-ring (bicyclic) bond motifs is 1. The highest BCUT2D eigenvalue weighted by atomic mass is 32.1. The highest BCUT2D eigenvalue weighted by Crippen LogP contribution is 2.35.